The van der Waals surface area contributed by atoms with Crippen LogP contribution in [0.3, 0.4) is 0 Å². The van der Waals surface area contributed by atoms with Crippen molar-refractivity contribution in [2.45, 2.75) is 9.79 Å². The zero-order chi connectivity index (χ0) is 16.1. The number of aromatic nitrogens is 2. The molecule has 0 unspecified atom stereocenters. The first-order valence-corrected chi connectivity index (χ1v) is 9.57. The van der Waals surface area contributed by atoms with Gasteiger partial charge in [0.15, 0.2) is 0 Å². The summed E-state index contributed by atoms with van der Waals surface area (Å²) in [5.41, 5.74) is 0. The van der Waals surface area contributed by atoms with Gasteiger partial charge >= 0.3 is 0 Å². The lowest BCUT2D eigenvalue weighted by Crippen LogP contribution is -1.97. The molecule has 21 heavy (non-hydrogen) atoms. The van der Waals surface area contributed by atoms with Gasteiger partial charge in [-0.25, -0.2) is 8.42 Å². The molecular weight excluding hydrogens is 408 g/mol. The maximum atomic E-state index is 10.7. The molecule has 114 valence electrons. The van der Waals surface area contributed by atoms with E-state index in [4.69, 9.17) is 15.2 Å². The van der Waals surface area contributed by atoms with E-state index in [-0.39, 0.29) is 9.79 Å². The molecule has 0 radical (unpaired) electrons. The topological polar surface area (TPSA) is 114 Å². The maximum Gasteiger partial charge on any atom is 0.296 e. The molecule has 0 aliphatic rings. The Morgan fingerprint density at radius 2 is 1.67 bits per heavy atom. The lowest BCUT2D eigenvalue weighted by Gasteiger charge is -1.93. The summed E-state index contributed by atoms with van der Waals surface area (Å²) >= 11 is 3.07. The molecule has 2 aromatic rings. The highest BCUT2D eigenvalue weighted by atomic mass is 79.9. The average molecular weight is 416 g/mol. The summed E-state index contributed by atoms with van der Waals surface area (Å²) in [5.74, 6) is 0. The molecule has 2 heterocycles. The number of hydrogen-bond donors (Lipinski definition) is 1. The molecule has 0 bridgehead atoms. The number of halogens is 2. The van der Waals surface area contributed by atoms with E-state index >= 15 is 0 Å². The lowest BCUT2D eigenvalue weighted by molar-refractivity contribution is 0.483. The molecule has 0 aliphatic heterocycles. The highest BCUT2D eigenvalue weighted by molar-refractivity contribution is 9.10. The average Bonchev–Trinajstić information content (AvgIpc) is 2.38. The smallest absolute Gasteiger partial charge is 0.282 e. The Labute approximate surface area is 134 Å². The summed E-state index contributed by atoms with van der Waals surface area (Å²) in [7, 11) is -2.67. The molecule has 2 rings (SSSR count). The third kappa shape index (κ3) is 6.48. The Bertz CT molecular complexity index is 812. The first-order chi connectivity index (χ1) is 9.60. The summed E-state index contributed by atoms with van der Waals surface area (Å²) < 4.78 is 51.1. The fourth-order valence-electron chi connectivity index (χ4n) is 1.03. The van der Waals surface area contributed by atoms with Gasteiger partial charge in [0.1, 0.15) is 9.79 Å². The predicted molar refractivity (Wildman–Crippen MR) is 79.0 cm³/mol. The van der Waals surface area contributed by atoms with Crippen LogP contribution in [-0.2, 0) is 19.2 Å². The van der Waals surface area contributed by atoms with E-state index < -0.39 is 19.2 Å². The molecule has 0 aromatic carbocycles. The first-order valence-electron chi connectivity index (χ1n) is 5.03. The van der Waals surface area contributed by atoms with Gasteiger partial charge < -0.3 is 0 Å². The molecule has 0 saturated carbocycles. The molecule has 11 heteroatoms. The highest BCUT2D eigenvalue weighted by Gasteiger charge is 2.09. The van der Waals surface area contributed by atoms with Crippen LogP contribution in [0.1, 0.15) is 0 Å². The number of hydrogen-bond acceptors (Lipinski definition) is 6. The first kappa shape index (κ1) is 18.0. The fourth-order valence-corrected chi connectivity index (χ4v) is 2.69. The van der Waals surface area contributed by atoms with Crippen molar-refractivity contribution in [3.05, 3.63) is 47.5 Å². The molecular formula is C10H8BrClN2O5S2. The second kappa shape index (κ2) is 7.27. The molecule has 0 amide bonds. The predicted octanol–water partition coefficient (Wildman–Crippen LogP) is 2.10. The van der Waals surface area contributed by atoms with Gasteiger partial charge in [-0.05, 0) is 34.1 Å². The van der Waals surface area contributed by atoms with Crippen molar-refractivity contribution in [3.63, 3.8) is 0 Å². The van der Waals surface area contributed by atoms with E-state index in [2.05, 4.69) is 25.9 Å². The van der Waals surface area contributed by atoms with Crippen molar-refractivity contribution in [1.82, 2.24) is 9.97 Å². The van der Waals surface area contributed by atoms with Gasteiger partial charge in [-0.15, -0.1) is 0 Å². The van der Waals surface area contributed by atoms with Crippen LogP contribution in [0.5, 0.6) is 0 Å². The van der Waals surface area contributed by atoms with Gasteiger partial charge in [-0.3, -0.25) is 14.5 Å². The maximum absolute atomic E-state index is 10.7. The molecule has 0 saturated heterocycles. The van der Waals surface area contributed by atoms with Crippen LogP contribution in [0.2, 0.25) is 0 Å². The standard InChI is InChI=1S/C5H3BrClNO2S.C5H5NO3S/c6-4-1-5(3-8-2-4)11(7,9)10;7-10(8,9)5-2-1-3-6-4-5/h1-3H;1-4H,(H,7,8,9). The zero-order valence-corrected chi connectivity index (χ0v) is 14.1. The van der Waals surface area contributed by atoms with Crippen molar-refractivity contribution in [2.24, 2.45) is 0 Å². The normalized spacial score (nSPS) is 11.4. The van der Waals surface area contributed by atoms with Gasteiger partial charge in [0, 0.05) is 39.9 Å². The van der Waals surface area contributed by atoms with Crippen LogP contribution >= 0.6 is 26.6 Å². The lowest BCUT2D eigenvalue weighted by atomic mass is 10.5. The van der Waals surface area contributed by atoms with E-state index in [0.29, 0.717) is 4.47 Å². The van der Waals surface area contributed by atoms with Crippen molar-refractivity contribution in [2.75, 3.05) is 0 Å². The van der Waals surface area contributed by atoms with Gasteiger partial charge in [-0.2, -0.15) is 8.42 Å². The van der Waals surface area contributed by atoms with E-state index in [1.54, 1.807) is 0 Å². The Hall–Kier alpha value is -1.07. The minimum Gasteiger partial charge on any atom is -0.282 e. The van der Waals surface area contributed by atoms with Crippen molar-refractivity contribution >= 4 is 45.8 Å². The number of pyridine rings is 2. The molecule has 7 nitrogen and oxygen atoms in total. The third-order valence-electron chi connectivity index (χ3n) is 1.89. The van der Waals surface area contributed by atoms with Crippen LogP contribution in [-0.4, -0.2) is 31.4 Å². The van der Waals surface area contributed by atoms with Crippen LogP contribution in [0.25, 0.3) is 0 Å². The highest BCUT2D eigenvalue weighted by Crippen LogP contribution is 2.17. The monoisotopic (exact) mass is 414 g/mol. The second-order valence-corrected chi connectivity index (χ2v) is 8.34. The van der Waals surface area contributed by atoms with E-state index in [1.807, 2.05) is 0 Å². The van der Waals surface area contributed by atoms with Gasteiger partial charge in [0.05, 0.1) is 0 Å². The molecule has 0 atom stereocenters. The molecule has 0 fully saturated rings. The minimum atomic E-state index is -4.07. The number of rotatable bonds is 2. The molecule has 0 aliphatic carbocycles. The van der Waals surface area contributed by atoms with Gasteiger partial charge in [0.25, 0.3) is 19.2 Å². The van der Waals surface area contributed by atoms with Gasteiger partial charge in [0.2, 0.25) is 0 Å². The van der Waals surface area contributed by atoms with Crippen LogP contribution < -0.4 is 0 Å². The number of nitrogens with zero attached hydrogens (tertiary/aromatic N) is 2. The van der Waals surface area contributed by atoms with E-state index in [0.717, 1.165) is 6.20 Å². The largest absolute Gasteiger partial charge is 0.296 e. The van der Waals surface area contributed by atoms with Crippen LogP contribution in [0.15, 0.2) is 57.3 Å². The van der Waals surface area contributed by atoms with Crippen LogP contribution in [0, 0.1) is 0 Å². The van der Waals surface area contributed by atoms with E-state index in [9.17, 15) is 16.8 Å². The van der Waals surface area contributed by atoms with Crippen molar-refractivity contribution < 1.29 is 21.4 Å². The Morgan fingerprint density at radius 1 is 1.05 bits per heavy atom. The van der Waals surface area contributed by atoms with Gasteiger partial charge in [-0.1, -0.05) is 0 Å². The summed E-state index contributed by atoms with van der Waals surface area (Å²) in [6, 6.07) is 4.08. The Balaban J connectivity index is 0.000000211. The molecule has 2 aromatic heterocycles. The Kier molecular flexibility index (Phi) is 6.23. The SMILES string of the molecule is O=S(=O)(Cl)c1cncc(Br)c1.O=S(=O)(O)c1cccnc1. The second-order valence-electron chi connectivity index (χ2n) is 3.44. The summed E-state index contributed by atoms with van der Waals surface area (Å²) in [4.78, 5) is 6.96. The van der Waals surface area contributed by atoms with Crippen molar-refractivity contribution in [1.29, 1.82) is 0 Å². The Morgan fingerprint density at radius 3 is 2.00 bits per heavy atom. The third-order valence-corrected chi connectivity index (χ3v) is 4.49. The quantitative estimate of drug-likeness (QED) is 0.590. The van der Waals surface area contributed by atoms with E-state index in [1.165, 1.54) is 36.8 Å². The summed E-state index contributed by atoms with van der Waals surface area (Å²) in [6.45, 7) is 0. The fraction of sp³-hybridized carbons (Fsp3) is 0. The minimum absolute atomic E-state index is 0.00598. The zero-order valence-electron chi connectivity index (χ0n) is 10.1. The molecule has 0 spiro atoms. The molecule has 1 N–H and O–H groups in total. The van der Waals surface area contributed by atoms with Crippen LogP contribution in [0.4, 0.5) is 0 Å². The van der Waals surface area contributed by atoms with Crippen molar-refractivity contribution in [3.8, 4) is 0 Å². The summed E-state index contributed by atoms with van der Waals surface area (Å²) in [5, 5.41) is 0. The summed E-state index contributed by atoms with van der Waals surface area (Å²) in [6.07, 6.45) is 5.17.